The number of ketones is 1. The Morgan fingerprint density at radius 3 is 2.76 bits per heavy atom. The Labute approximate surface area is 149 Å². The van der Waals surface area contributed by atoms with Crippen LogP contribution in [0.4, 0.5) is 0 Å². The fourth-order valence-corrected chi connectivity index (χ4v) is 7.36. The van der Waals surface area contributed by atoms with Crippen molar-refractivity contribution < 1.29 is 19.1 Å². The molecule has 7 atom stereocenters. The molecule has 4 nitrogen and oxygen atoms in total. The summed E-state index contributed by atoms with van der Waals surface area (Å²) in [5.74, 6) is 1.22. The van der Waals surface area contributed by atoms with E-state index >= 15 is 0 Å². The second-order valence-electron chi connectivity index (χ2n) is 9.50. The van der Waals surface area contributed by atoms with Crippen LogP contribution < -0.4 is 0 Å². The Morgan fingerprint density at radius 1 is 1.20 bits per heavy atom. The van der Waals surface area contributed by atoms with Crippen molar-refractivity contribution in [3.8, 4) is 0 Å². The van der Waals surface area contributed by atoms with Gasteiger partial charge in [0, 0.05) is 24.2 Å². The zero-order valence-corrected chi connectivity index (χ0v) is 15.5. The van der Waals surface area contributed by atoms with Crippen molar-refractivity contribution in [1.29, 1.82) is 0 Å². The van der Waals surface area contributed by atoms with Crippen molar-refractivity contribution in [2.45, 2.75) is 83.5 Å². The van der Waals surface area contributed by atoms with Gasteiger partial charge in [0.25, 0.3) is 0 Å². The number of carbonyl (C=O) groups excluding carboxylic acids is 2. The maximum atomic E-state index is 12.0. The molecule has 0 aromatic carbocycles. The quantitative estimate of drug-likeness (QED) is 0.539. The van der Waals surface area contributed by atoms with Gasteiger partial charge in [-0.15, -0.1) is 0 Å². The van der Waals surface area contributed by atoms with Crippen LogP contribution in [-0.4, -0.2) is 29.6 Å². The topological polar surface area (TPSA) is 55.9 Å². The van der Waals surface area contributed by atoms with Crippen molar-refractivity contribution in [2.75, 3.05) is 0 Å². The zero-order chi connectivity index (χ0) is 17.6. The lowest BCUT2D eigenvalue weighted by molar-refractivity contribution is -0.155. The second-order valence-corrected chi connectivity index (χ2v) is 9.50. The van der Waals surface area contributed by atoms with Crippen molar-refractivity contribution in [3.63, 3.8) is 0 Å². The third-order valence-corrected chi connectivity index (χ3v) is 8.55. The van der Waals surface area contributed by atoms with E-state index in [1.54, 1.807) is 0 Å². The fourth-order valence-electron chi connectivity index (χ4n) is 7.36. The monoisotopic (exact) mass is 344 g/mol. The number of hydrogen-bond donors (Lipinski definition) is 0. The highest BCUT2D eigenvalue weighted by Crippen LogP contribution is 2.75. The molecular formula is C21H28O4. The van der Waals surface area contributed by atoms with Crippen molar-refractivity contribution in [3.05, 3.63) is 11.6 Å². The summed E-state index contributed by atoms with van der Waals surface area (Å²) in [6.45, 7) is 6.19. The molecule has 5 rings (SSSR count). The van der Waals surface area contributed by atoms with Gasteiger partial charge in [-0.2, -0.15) is 0 Å². The van der Waals surface area contributed by atoms with E-state index in [1.165, 1.54) is 12.5 Å². The van der Waals surface area contributed by atoms with Crippen molar-refractivity contribution in [2.24, 2.45) is 22.7 Å². The summed E-state index contributed by atoms with van der Waals surface area (Å²) in [5, 5.41) is 0. The number of hydrogen-bond acceptors (Lipinski definition) is 4. The number of fused-ring (bicyclic) bond motifs is 3. The zero-order valence-electron chi connectivity index (χ0n) is 15.5. The van der Waals surface area contributed by atoms with Gasteiger partial charge in [0.1, 0.15) is 11.7 Å². The van der Waals surface area contributed by atoms with E-state index in [0.717, 1.165) is 38.5 Å². The Kier molecular flexibility index (Phi) is 3.06. The van der Waals surface area contributed by atoms with E-state index in [2.05, 4.69) is 13.8 Å². The van der Waals surface area contributed by atoms with E-state index in [4.69, 9.17) is 9.47 Å². The van der Waals surface area contributed by atoms with E-state index in [1.807, 2.05) is 6.08 Å². The Balaban J connectivity index is 1.52. The van der Waals surface area contributed by atoms with Crippen LogP contribution in [-0.2, 0) is 19.1 Å². The lowest BCUT2D eigenvalue weighted by atomic mass is 9.47. The normalized spacial score (nSPS) is 53.1. The largest absolute Gasteiger partial charge is 0.462 e. The molecule has 1 heterocycles. The molecule has 0 bridgehead atoms. The van der Waals surface area contributed by atoms with Crippen LogP contribution in [0.1, 0.15) is 65.7 Å². The molecule has 1 aliphatic heterocycles. The maximum Gasteiger partial charge on any atom is 0.302 e. The third kappa shape index (κ3) is 1.82. The molecule has 25 heavy (non-hydrogen) atoms. The van der Waals surface area contributed by atoms with Gasteiger partial charge >= 0.3 is 5.97 Å². The average Bonchev–Trinajstić information content (AvgIpc) is 3.17. The van der Waals surface area contributed by atoms with Crippen LogP contribution in [0, 0.1) is 22.7 Å². The predicted molar refractivity (Wildman–Crippen MR) is 91.8 cm³/mol. The smallest absolute Gasteiger partial charge is 0.302 e. The predicted octanol–water partition coefficient (Wildman–Crippen LogP) is 3.58. The van der Waals surface area contributed by atoms with Crippen molar-refractivity contribution >= 4 is 11.8 Å². The summed E-state index contributed by atoms with van der Waals surface area (Å²) in [6.07, 6.45) is 9.05. The van der Waals surface area contributed by atoms with Gasteiger partial charge in [-0.05, 0) is 56.4 Å². The Morgan fingerprint density at radius 2 is 2.00 bits per heavy atom. The summed E-state index contributed by atoms with van der Waals surface area (Å²) in [6, 6.07) is 0. The lowest BCUT2D eigenvalue weighted by Crippen LogP contribution is -2.58. The van der Waals surface area contributed by atoms with Crippen molar-refractivity contribution in [1.82, 2.24) is 0 Å². The van der Waals surface area contributed by atoms with Gasteiger partial charge in [-0.3, -0.25) is 9.59 Å². The Hall–Kier alpha value is -1.16. The highest BCUT2D eigenvalue weighted by atomic mass is 16.6. The first kappa shape index (κ1) is 16.0. The molecule has 0 radical (unpaired) electrons. The van der Waals surface area contributed by atoms with Gasteiger partial charge in [0.15, 0.2) is 5.78 Å². The van der Waals surface area contributed by atoms with Crippen LogP contribution in [0.15, 0.2) is 11.6 Å². The van der Waals surface area contributed by atoms with Gasteiger partial charge in [-0.25, -0.2) is 0 Å². The first-order valence-electron chi connectivity index (χ1n) is 9.90. The highest BCUT2D eigenvalue weighted by molar-refractivity contribution is 5.91. The standard InChI is InChI=1S/C21H28O4/c1-12(22)24-17-7-6-15-16-5-4-13-10-14(23)8-9-20(13,3)21(16)18(25-21)11-19(15,17)2/h10,15-18H,4-9,11H2,1-3H3/t15-,16-,17-,18?,19-,20-,21-/m0/s1. The van der Waals surface area contributed by atoms with Crippen LogP contribution in [0.3, 0.4) is 0 Å². The molecule has 5 aliphatic rings. The molecule has 0 aromatic heterocycles. The summed E-state index contributed by atoms with van der Waals surface area (Å²) in [5.41, 5.74) is 1.34. The van der Waals surface area contributed by atoms with Crippen LogP contribution >= 0.6 is 0 Å². The number of epoxide rings is 1. The maximum absolute atomic E-state index is 12.0. The summed E-state index contributed by atoms with van der Waals surface area (Å²) < 4.78 is 12.3. The fraction of sp³-hybridized carbons (Fsp3) is 0.810. The second kappa shape index (κ2) is 4.76. The minimum absolute atomic E-state index is 0.0232. The van der Waals surface area contributed by atoms with Crippen LogP contribution in [0.5, 0.6) is 0 Å². The molecule has 1 saturated heterocycles. The molecule has 1 spiro atoms. The molecule has 136 valence electrons. The lowest BCUT2D eigenvalue weighted by Gasteiger charge is -2.55. The molecule has 0 amide bonds. The number of esters is 1. The number of rotatable bonds is 1. The summed E-state index contributed by atoms with van der Waals surface area (Å²) >= 11 is 0. The van der Waals surface area contributed by atoms with E-state index in [0.29, 0.717) is 18.3 Å². The molecule has 4 aliphatic carbocycles. The first-order valence-corrected chi connectivity index (χ1v) is 9.90. The molecule has 1 unspecified atom stereocenters. The van der Waals surface area contributed by atoms with E-state index in [9.17, 15) is 9.59 Å². The summed E-state index contributed by atoms with van der Waals surface area (Å²) in [7, 11) is 0. The van der Waals surface area contributed by atoms with Gasteiger partial charge in [0.2, 0.25) is 0 Å². The number of carbonyl (C=O) groups is 2. The van der Waals surface area contributed by atoms with Gasteiger partial charge < -0.3 is 9.47 Å². The van der Waals surface area contributed by atoms with Crippen LogP contribution in [0.2, 0.25) is 0 Å². The summed E-state index contributed by atoms with van der Waals surface area (Å²) in [4.78, 5) is 23.5. The minimum Gasteiger partial charge on any atom is -0.462 e. The molecule has 4 fully saturated rings. The molecule has 0 aromatic rings. The third-order valence-electron chi connectivity index (χ3n) is 8.55. The minimum atomic E-state index is -0.160. The average molecular weight is 344 g/mol. The highest BCUT2D eigenvalue weighted by Gasteiger charge is 2.79. The SMILES string of the molecule is CC(=O)O[C@H]1CC[C@H]2[C@@H]3CCC4=CC(=O)CC[C@]4(C)[C@]34OC4C[C@]12C. The van der Waals surface area contributed by atoms with Crippen LogP contribution in [0.25, 0.3) is 0 Å². The first-order chi connectivity index (χ1) is 11.8. The molecule has 3 saturated carbocycles. The Bertz CT molecular complexity index is 696. The van der Waals surface area contributed by atoms with Gasteiger partial charge in [-0.1, -0.05) is 19.4 Å². The molecular weight excluding hydrogens is 316 g/mol. The molecule has 0 N–H and O–H groups in total. The number of ether oxygens (including phenoxy) is 2. The van der Waals surface area contributed by atoms with Gasteiger partial charge in [0.05, 0.1) is 6.10 Å². The van der Waals surface area contributed by atoms with E-state index in [-0.39, 0.29) is 40.4 Å². The molecule has 4 heteroatoms. The van der Waals surface area contributed by atoms with E-state index < -0.39 is 0 Å².